The molecule has 0 atom stereocenters. The highest BCUT2D eigenvalue weighted by molar-refractivity contribution is 6.30. The number of nitrogens with zero attached hydrogens (tertiary/aromatic N) is 1. The van der Waals surface area contributed by atoms with Gasteiger partial charge in [-0.1, -0.05) is 41.6 Å². The molecule has 0 aliphatic heterocycles. The van der Waals surface area contributed by atoms with Gasteiger partial charge in [0.15, 0.2) is 6.29 Å². The van der Waals surface area contributed by atoms with Crippen molar-refractivity contribution < 1.29 is 4.79 Å². The van der Waals surface area contributed by atoms with E-state index in [-0.39, 0.29) is 0 Å². The Morgan fingerprint density at radius 2 is 1.86 bits per heavy atom. The van der Waals surface area contributed by atoms with Crippen LogP contribution in [0.25, 0.3) is 10.9 Å². The fraction of sp³-hybridized carbons (Fsp3) is 0.0556. The van der Waals surface area contributed by atoms with Gasteiger partial charge >= 0.3 is 0 Å². The van der Waals surface area contributed by atoms with Crippen molar-refractivity contribution in [1.82, 2.24) is 4.57 Å². The van der Waals surface area contributed by atoms with Crippen molar-refractivity contribution in [3.05, 3.63) is 70.9 Å². The number of aromatic nitrogens is 1. The first-order valence-corrected chi connectivity index (χ1v) is 6.93. The molecule has 0 spiro atoms. The highest BCUT2D eigenvalue weighted by atomic mass is 35.5. The van der Waals surface area contributed by atoms with E-state index in [1.807, 2.05) is 59.2 Å². The van der Waals surface area contributed by atoms with E-state index in [9.17, 15) is 4.79 Å². The van der Waals surface area contributed by atoms with Crippen molar-refractivity contribution in [3.8, 4) is 11.8 Å². The van der Waals surface area contributed by atoms with Gasteiger partial charge in [0.25, 0.3) is 0 Å². The van der Waals surface area contributed by atoms with Crippen LogP contribution >= 0.6 is 11.6 Å². The summed E-state index contributed by atoms with van der Waals surface area (Å²) in [6, 6.07) is 17.2. The molecular weight excluding hydrogens is 282 g/mol. The lowest BCUT2D eigenvalue weighted by atomic mass is 10.2. The summed E-state index contributed by atoms with van der Waals surface area (Å²) in [5.74, 6) is 6.18. The number of hydrogen-bond donors (Lipinski definition) is 0. The lowest BCUT2D eigenvalue weighted by Gasteiger charge is -2.01. The normalized spacial score (nSPS) is 10.1. The Balaban J connectivity index is 1.92. The molecule has 3 aromatic rings. The molecular formula is C18H12ClNO. The fourth-order valence-corrected chi connectivity index (χ4v) is 2.39. The van der Waals surface area contributed by atoms with Crippen LogP contribution < -0.4 is 0 Å². The third-order valence-corrected chi connectivity index (χ3v) is 3.53. The zero-order chi connectivity index (χ0) is 14.7. The smallest absolute Gasteiger partial charge is 0.166 e. The van der Waals surface area contributed by atoms with Crippen molar-refractivity contribution in [3.63, 3.8) is 0 Å². The monoisotopic (exact) mass is 293 g/mol. The van der Waals surface area contributed by atoms with Crippen LogP contribution in [0.5, 0.6) is 0 Å². The summed E-state index contributed by atoms with van der Waals surface area (Å²) in [5.41, 5.74) is 2.56. The molecule has 0 N–H and O–H groups in total. The maximum absolute atomic E-state index is 11.2. The predicted octanol–water partition coefficient (Wildman–Crippen LogP) is 4.16. The molecule has 0 fully saturated rings. The summed E-state index contributed by atoms with van der Waals surface area (Å²) < 4.78 is 1.92. The van der Waals surface area contributed by atoms with Crippen LogP contribution in [0, 0.1) is 11.8 Å². The van der Waals surface area contributed by atoms with E-state index in [4.69, 9.17) is 11.6 Å². The number of benzene rings is 2. The molecule has 0 saturated heterocycles. The van der Waals surface area contributed by atoms with E-state index < -0.39 is 0 Å². The lowest BCUT2D eigenvalue weighted by Crippen LogP contribution is -2.00. The van der Waals surface area contributed by atoms with E-state index in [1.54, 1.807) is 0 Å². The highest BCUT2D eigenvalue weighted by Gasteiger charge is 2.05. The number of carbonyl (C=O) groups excluding carboxylic acids is 1. The summed E-state index contributed by atoms with van der Waals surface area (Å²) in [6.07, 6.45) is 0.865. The molecule has 0 radical (unpaired) electrons. The summed E-state index contributed by atoms with van der Waals surface area (Å²) in [6.45, 7) is 0.476. The Morgan fingerprint density at radius 3 is 2.62 bits per heavy atom. The molecule has 0 bridgehead atoms. The van der Waals surface area contributed by atoms with Crippen LogP contribution in [-0.4, -0.2) is 10.9 Å². The maximum atomic E-state index is 11.2. The van der Waals surface area contributed by atoms with Crippen molar-refractivity contribution in [2.45, 2.75) is 6.54 Å². The van der Waals surface area contributed by atoms with E-state index in [0.717, 1.165) is 22.8 Å². The lowest BCUT2D eigenvalue weighted by molar-refractivity contribution is 0.111. The molecule has 2 nitrogen and oxygen atoms in total. The van der Waals surface area contributed by atoms with Crippen molar-refractivity contribution in [2.75, 3.05) is 0 Å². The molecule has 1 heterocycles. The van der Waals surface area contributed by atoms with E-state index in [1.165, 1.54) is 0 Å². The van der Waals surface area contributed by atoms with Crippen molar-refractivity contribution >= 4 is 28.8 Å². The van der Waals surface area contributed by atoms with E-state index in [2.05, 4.69) is 11.8 Å². The molecule has 102 valence electrons. The van der Waals surface area contributed by atoms with Gasteiger partial charge in [-0.15, -0.1) is 0 Å². The molecule has 1 aromatic heterocycles. The van der Waals surface area contributed by atoms with Gasteiger partial charge in [0, 0.05) is 21.5 Å². The van der Waals surface area contributed by atoms with Crippen LogP contribution in [0.2, 0.25) is 5.02 Å². The quantitative estimate of drug-likeness (QED) is 0.514. The molecule has 0 aliphatic rings. The Hall–Kier alpha value is -2.50. The molecule has 3 heteroatoms. The third kappa shape index (κ3) is 2.84. The molecule has 0 unspecified atom stereocenters. The first-order valence-electron chi connectivity index (χ1n) is 6.56. The van der Waals surface area contributed by atoms with Gasteiger partial charge < -0.3 is 4.57 Å². The van der Waals surface area contributed by atoms with Crippen molar-refractivity contribution in [1.29, 1.82) is 0 Å². The highest BCUT2D eigenvalue weighted by Crippen LogP contribution is 2.18. The van der Waals surface area contributed by atoms with Crippen LogP contribution in [0.4, 0.5) is 0 Å². The topological polar surface area (TPSA) is 22.0 Å². The predicted molar refractivity (Wildman–Crippen MR) is 85.7 cm³/mol. The van der Waals surface area contributed by atoms with Gasteiger partial charge in [0.1, 0.15) is 0 Å². The molecule has 21 heavy (non-hydrogen) atoms. The second-order valence-electron chi connectivity index (χ2n) is 4.64. The van der Waals surface area contributed by atoms with Gasteiger partial charge in [-0.25, -0.2) is 0 Å². The summed E-state index contributed by atoms with van der Waals surface area (Å²) >= 11 is 5.84. The standard InChI is InChI=1S/C18H12ClNO/c19-16-9-7-14(8-10-16)4-3-11-20-17(13-21)12-15-5-1-2-6-18(15)20/h1-2,5-10,12-13H,11H2. The summed E-state index contributed by atoms with van der Waals surface area (Å²) in [4.78, 5) is 11.2. The number of halogens is 1. The molecule has 0 aliphatic carbocycles. The Bertz CT molecular complexity index is 850. The largest absolute Gasteiger partial charge is 0.326 e. The number of carbonyl (C=O) groups is 1. The number of para-hydroxylation sites is 1. The Kier molecular flexibility index (Phi) is 3.77. The average molecular weight is 294 g/mol. The van der Waals surface area contributed by atoms with Gasteiger partial charge in [-0.2, -0.15) is 0 Å². The van der Waals surface area contributed by atoms with Gasteiger partial charge in [-0.3, -0.25) is 4.79 Å². The minimum Gasteiger partial charge on any atom is -0.326 e. The number of hydrogen-bond acceptors (Lipinski definition) is 1. The Labute approximate surface area is 128 Å². The number of aldehydes is 1. The molecule has 2 aromatic carbocycles. The summed E-state index contributed by atoms with van der Waals surface area (Å²) in [5, 5.41) is 1.74. The van der Waals surface area contributed by atoms with Crippen LogP contribution in [-0.2, 0) is 6.54 Å². The fourth-order valence-electron chi connectivity index (χ4n) is 2.26. The summed E-state index contributed by atoms with van der Waals surface area (Å²) in [7, 11) is 0. The number of rotatable bonds is 2. The maximum Gasteiger partial charge on any atom is 0.166 e. The third-order valence-electron chi connectivity index (χ3n) is 3.28. The SMILES string of the molecule is O=Cc1cc2ccccc2n1CC#Cc1ccc(Cl)cc1. The van der Waals surface area contributed by atoms with Crippen LogP contribution in [0.3, 0.4) is 0 Å². The molecule has 0 saturated carbocycles. The van der Waals surface area contributed by atoms with Gasteiger partial charge in [0.2, 0.25) is 0 Å². The first-order chi connectivity index (χ1) is 10.3. The molecule has 0 amide bonds. The minimum absolute atomic E-state index is 0.476. The van der Waals surface area contributed by atoms with E-state index in [0.29, 0.717) is 17.3 Å². The Morgan fingerprint density at radius 1 is 1.10 bits per heavy atom. The average Bonchev–Trinajstić information content (AvgIpc) is 2.87. The number of fused-ring (bicyclic) bond motifs is 1. The van der Waals surface area contributed by atoms with Crippen LogP contribution in [0.1, 0.15) is 16.1 Å². The zero-order valence-electron chi connectivity index (χ0n) is 11.2. The van der Waals surface area contributed by atoms with Gasteiger partial charge in [-0.05, 0) is 36.4 Å². The second-order valence-corrected chi connectivity index (χ2v) is 5.08. The first kappa shape index (κ1) is 13.5. The van der Waals surface area contributed by atoms with Gasteiger partial charge in [0.05, 0.1) is 12.2 Å². The molecule has 3 rings (SSSR count). The zero-order valence-corrected chi connectivity index (χ0v) is 12.0. The van der Waals surface area contributed by atoms with E-state index >= 15 is 0 Å². The van der Waals surface area contributed by atoms with Crippen LogP contribution in [0.15, 0.2) is 54.6 Å². The second kappa shape index (κ2) is 5.87. The van der Waals surface area contributed by atoms with Crippen molar-refractivity contribution in [2.24, 2.45) is 0 Å². The minimum atomic E-state index is 0.476.